The van der Waals surface area contributed by atoms with Crippen molar-refractivity contribution in [1.29, 1.82) is 0 Å². The lowest BCUT2D eigenvalue weighted by Gasteiger charge is -2.30. The van der Waals surface area contributed by atoms with Gasteiger partial charge in [-0.1, -0.05) is 19.3 Å². The van der Waals surface area contributed by atoms with Crippen LogP contribution in [0.25, 0.3) is 17.2 Å². The summed E-state index contributed by atoms with van der Waals surface area (Å²) in [7, 11) is 0. The lowest BCUT2D eigenvalue weighted by Crippen LogP contribution is -2.39. The lowest BCUT2D eigenvalue weighted by atomic mass is 9.89. The number of hydrogen-bond acceptors (Lipinski definition) is 6. The van der Waals surface area contributed by atoms with E-state index >= 15 is 0 Å². The zero-order chi connectivity index (χ0) is 22.1. The molecule has 0 atom stereocenters. The van der Waals surface area contributed by atoms with Gasteiger partial charge < -0.3 is 16.2 Å². The maximum atomic E-state index is 13.6. The van der Waals surface area contributed by atoms with Gasteiger partial charge in [0.25, 0.3) is 0 Å². The average molecular weight is 437 g/mol. The number of nitrogens with one attached hydrogen (secondary N) is 1. The monoisotopic (exact) mass is 436 g/mol. The molecule has 1 aliphatic carbocycles. The summed E-state index contributed by atoms with van der Waals surface area (Å²) >= 11 is 0. The molecule has 5 rings (SSSR count). The van der Waals surface area contributed by atoms with Crippen LogP contribution in [0.4, 0.5) is 10.1 Å². The molecule has 1 aliphatic heterocycles. The van der Waals surface area contributed by atoms with Crippen LogP contribution < -0.4 is 11.1 Å². The number of aliphatic hydroxyl groups is 1. The van der Waals surface area contributed by atoms with Gasteiger partial charge in [-0.2, -0.15) is 0 Å². The van der Waals surface area contributed by atoms with Gasteiger partial charge in [-0.3, -0.25) is 4.57 Å². The first-order valence-electron chi connectivity index (χ1n) is 11.5. The molecule has 8 heteroatoms. The highest BCUT2D eigenvalue weighted by Gasteiger charge is 2.35. The van der Waals surface area contributed by atoms with Crippen LogP contribution in [0.1, 0.15) is 62.4 Å². The second kappa shape index (κ2) is 8.60. The number of nitrogens with zero attached hydrogens (tertiary/aromatic N) is 4. The Balaban J connectivity index is 1.63. The van der Waals surface area contributed by atoms with E-state index in [-0.39, 0.29) is 5.82 Å². The second-order valence-corrected chi connectivity index (χ2v) is 8.95. The van der Waals surface area contributed by atoms with Crippen LogP contribution in [-0.2, 0) is 5.60 Å². The molecular formula is C24H29FN6O. The summed E-state index contributed by atoms with van der Waals surface area (Å²) in [5, 5.41) is 14.6. The van der Waals surface area contributed by atoms with E-state index in [1.165, 1.54) is 31.4 Å². The van der Waals surface area contributed by atoms with Gasteiger partial charge in [0, 0.05) is 17.7 Å². The smallest absolute Gasteiger partial charge is 0.165 e. The summed E-state index contributed by atoms with van der Waals surface area (Å²) in [4.78, 5) is 14.2. The van der Waals surface area contributed by atoms with Gasteiger partial charge in [-0.05, 0) is 63.0 Å². The van der Waals surface area contributed by atoms with E-state index in [1.54, 1.807) is 18.3 Å². The van der Waals surface area contributed by atoms with Crippen LogP contribution in [0.15, 0.2) is 36.7 Å². The van der Waals surface area contributed by atoms with Crippen molar-refractivity contribution in [2.45, 2.75) is 56.5 Å². The first-order valence-corrected chi connectivity index (χ1v) is 11.5. The van der Waals surface area contributed by atoms with Crippen molar-refractivity contribution in [3.8, 4) is 17.2 Å². The molecule has 1 saturated carbocycles. The molecule has 1 aromatic carbocycles. The largest absolute Gasteiger partial charge is 0.394 e. The Labute approximate surface area is 186 Å². The van der Waals surface area contributed by atoms with Crippen LogP contribution in [-0.4, -0.2) is 37.7 Å². The molecular weight excluding hydrogens is 407 g/mol. The van der Waals surface area contributed by atoms with Crippen LogP contribution in [0.2, 0.25) is 0 Å². The summed E-state index contributed by atoms with van der Waals surface area (Å²) in [5.41, 5.74) is 7.06. The number of anilines is 1. The third-order valence-electron chi connectivity index (χ3n) is 6.73. The first kappa shape index (κ1) is 21.0. The van der Waals surface area contributed by atoms with E-state index in [0.717, 1.165) is 37.3 Å². The van der Waals surface area contributed by atoms with Gasteiger partial charge in [-0.15, -0.1) is 0 Å². The predicted molar refractivity (Wildman–Crippen MR) is 121 cm³/mol. The maximum absolute atomic E-state index is 13.6. The highest BCUT2D eigenvalue weighted by Crippen LogP contribution is 2.35. The van der Waals surface area contributed by atoms with E-state index in [2.05, 4.69) is 10.3 Å². The van der Waals surface area contributed by atoms with Gasteiger partial charge in [0.15, 0.2) is 5.82 Å². The number of hydrogen-bond donors (Lipinski definition) is 3. The van der Waals surface area contributed by atoms with Gasteiger partial charge in [0.2, 0.25) is 0 Å². The fourth-order valence-corrected chi connectivity index (χ4v) is 4.81. The van der Waals surface area contributed by atoms with Crippen molar-refractivity contribution in [1.82, 2.24) is 24.8 Å². The van der Waals surface area contributed by atoms with Crippen molar-refractivity contribution < 1.29 is 9.50 Å². The summed E-state index contributed by atoms with van der Waals surface area (Å²) in [5.74, 6) is 1.94. The third-order valence-corrected chi connectivity index (χ3v) is 6.73. The molecule has 2 fully saturated rings. The summed E-state index contributed by atoms with van der Waals surface area (Å²) in [6.07, 6.45) is 10.4. The maximum Gasteiger partial charge on any atom is 0.165 e. The Kier molecular flexibility index (Phi) is 5.65. The Morgan fingerprint density at radius 1 is 1.06 bits per heavy atom. The lowest BCUT2D eigenvalue weighted by molar-refractivity contribution is 0.00224. The van der Waals surface area contributed by atoms with Crippen LogP contribution in [0.3, 0.4) is 0 Å². The number of halogens is 1. The summed E-state index contributed by atoms with van der Waals surface area (Å²) in [6, 6.07) is 6.18. The fraction of sp³-hybridized carbons (Fsp3) is 0.458. The minimum absolute atomic E-state index is 0.315. The van der Waals surface area contributed by atoms with Crippen molar-refractivity contribution in [3.05, 3.63) is 54.0 Å². The minimum Gasteiger partial charge on any atom is -0.394 e. The molecule has 4 N–H and O–H groups in total. The number of nitrogen functional groups attached to an aromatic ring is 1. The van der Waals surface area contributed by atoms with Crippen molar-refractivity contribution in [3.63, 3.8) is 0 Å². The number of rotatable bonds is 4. The number of nitrogens with two attached hydrogens (primary N) is 1. The Bertz CT molecular complexity index is 1080. The van der Waals surface area contributed by atoms with Crippen molar-refractivity contribution in [2.24, 2.45) is 0 Å². The second-order valence-electron chi connectivity index (χ2n) is 8.95. The number of benzene rings is 1. The van der Waals surface area contributed by atoms with E-state index in [1.807, 2.05) is 10.8 Å². The molecule has 2 aliphatic rings. The van der Waals surface area contributed by atoms with Crippen LogP contribution >= 0.6 is 0 Å². The molecule has 32 heavy (non-hydrogen) atoms. The molecule has 3 aromatic rings. The first-order chi connectivity index (χ1) is 15.5. The van der Waals surface area contributed by atoms with Crippen molar-refractivity contribution >= 4 is 5.69 Å². The molecule has 168 valence electrons. The molecule has 2 aromatic heterocycles. The van der Waals surface area contributed by atoms with Gasteiger partial charge in [0.1, 0.15) is 23.1 Å². The average Bonchev–Trinajstić information content (AvgIpc) is 3.27. The zero-order valence-corrected chi connectivity index (χ0v) is 18.1. The summed E-state index contributed by atoms with van der Waals surface area (Å²) in [6.45, 7) is 1.44. The molecule has 0 radical (unpaired) electrons. The van der Waals surface area contributed by atoms with E-state index in [0.29, 0.717) is 41.8 Å². The Morgan fingerprint density at radius 2 is 1.78 bits per heavy atom. The molecule has 1 saturated heterocycles. The molecule has 0 amide bonds. The van der Waals surface area contributed by atoms with E-state index in [4.69, 9.17) is 15.7 Å². The molecule has 7 nitrogen and oxygen atoms in total. The minimum atomic E-state index is -1.03. The Morgan fingerprint density at radius 3 is 2.50 bits per heavy atom. The number of piperidine rings is 1. The fourth-order valence-electron chi connectivity index (χ4n) is 4.81. The topological polar surface area (TPSA) is 102 Å². The standard InChI is InChI=1S/C24H29FN6O/c25-18-8-6-17(7-9-18)22-29-20(24(32)10-12-27-13-11-24)15-31(22)23-19(26)14-28-21(30-23)16-4-2-1-3-5-16/h6-9,14-16,27,32H,1-5,10-13,26H2. The van der Waals surface area contributed by atoms with Crippen LogP contribution in [0, 0.1) is 5.82 Å². The van der Waals surface area contributed by atoms with Crippen LogP contribution in [0.5, 0.6) is 0 Å². The quantitative estimate of drug-likeness (QED) is 0.577. The molecule has 3 heterocycles. The van der Waals surface area contributed by atoms with Gasteiger partial charge in [-0.25, -0.2) is 19.3 Å². The van der Waals surface area contributed by atoms with Gasteiger partial charge >= 0.3 is 0 Å². The number of imidazole rings is 1. The summed E-state index contributed by atoms with van der Waals surface area (Å²) < 4.78 is 15.4. The highest BCUT2D eigenvalue weighted by molar-refractivity contribution is 5.63. The number of aromatic nitrogens is 4. The highest BCUT2D eigenvalue weighted by atomic mass is 19.1. The molecule has 0 bridgehead atoms. The normalized spacial score (nSPS) is 19.2. The van der Waals surface area contributed by atoms with E-state index < -0.39 is 5.60 Å². The van der Waals surface area contributed by atoms with Gasteiger partial charge in [0.05, 0.1) is 17.6 Å². The Hall–Kier alpha value is -2.84. The third kappa shape index (κ3) is 4.00. The predicted octanol–water partition coefficient (Wildman–Crippen LogP) is 3.67. The zero-order valence-electron chi connectivity index (χ0n) is 18.1. The van der Waals surface area contributed by atoms with E-state index in [9.17, 15) is 9.50 Å². The molecule has 0 spiro atoms. The molecule has 0 unspecified atom stereocenters. The SMILES string of the molecule is Nc1cnc(C2CCCCC2)nc1-n1cc(C2(O)CCNCC2)nc1-c1ccc(F)cc1. The van der Waals surface area contributed by atoms with Crippen molar-refractivity contribution in [2.75, 3.05) is 18.8 Å².